The van der Waals surface area contributed by atoms with Crippen LogP contribution < -0.4 is 4.74 Å². The molecule has 0 saturated carbocycles. The van der Waals surface area contributed by atoms with Crippen molar-refractivity contribution in [2.75, 3.05) is 13.1 Å². The standard InChI is InChI=1S/C19H23N5O2/c1-12(2)23-7-8-24(18(23)22-11-21)16-14-9-13(10-20)5-6-15(14)26-19(3,4)17(16)25/h5-6,9,12,16-17,25H,7-8H2,1-4H3/b22-18+/t16-,17+/m0/s1. The third kappa shape index (κ3) is 2.85. The van der Waals surface area contributed by atoms with Crippen LogP contribution in [0.25, 0.3) is 0 Å². The Bertz CT molecular complexity index is 818. The Kier molecular flexibility index (Phi) is 4.52. The Morgan fingerprint density at radius 3 is 2.65 bits per heavy atom. The summed E-state index contributed by atoms with van der Waals surface area (Å²) in [6.07, 6.45) is 1.04. The molecule has 2 atom stereocenters. The first kappa shape index (κ1) is 18.0. The van der Waals surface area contributed by atoms with E-state index < -0.39 is 17.7 Å². The van der Waals surface area contributed by atoms with Gasteiger partial charge in [0.05, 0.1) is 17.7 Å². The van der Waals surface area contributed by atoms with E-state index in [1.54, 1.807) is 18.2 Å². The predicted molar refractivity (Wildman–Crippen MR) is 96.2 cm³/mol. The highest BCUT2D eigenvalue weighted by Crippen LogP contribution is 2.44. The van der Waals surface area contributed by atoms with E-state index in [2.05, 4.69) is 11.1 Å². The van der Waals surface area contributed by atoms with Gasteiger partial charge in [0.25, 0.3) is 0 Å². The molecule has 0 radical (unpaired) electrons. The monoisotopic (exact) mass is 353 g/mol. The second kappa shape index (κ2) is 6.51. The number of guanidine groups is 1. The lowest BCUT2D eigenvalue weighted by Crippen LogP contribution is -2.54. The Morgan fingerprint density at radius 1 is 1.31 bits per heavy atom. The van der Waals surface area contributed by atoms with Crippen molar-refractivity contribution in [3.8, 4) is 18.0 Å². The molecule has 1 N–H and O–H groups in total. The van der Waals surface area contributed by atoms with Crippen LogP contribution in [0.4, 0.5) is 0 Å². The van der Waals surface area contributed by atoms with Gasteiger partial charge in [0.2, 0.25) is 12.2 Å². The first-order valence-electron chi connectivity index (χ1n) is 8.71. The average molecular weight is 353 g/mol. The van der Waals surface area contributed by atoms with Gasteiger partial charge in [-0.25, -0.2) is 0 Å². The highest BCUT2D eigenvalue weighted by molar-refractivity contribution is 5.84. The van der Waals surface area contributed by atoms with Crippen LogP contribution in [0.3, 0.4) is 0 Å². The maximum Gasteiger partial charge on any atom is 0.213 e. The SMILES string of the molecule is CC(C)N1CCN([C@H]2c3cc(C#N)ccc3OC(C)(C)[C@@H]2O)/C1=N/C#N. The molecule has 2 aliphatic rings. The van der Waals surface area contributed by atoms with E-state index in [0.29, 0.717) is 23.8 Å². The molecule has 7 nitrogen and oxygen atoms in total. The summed E-state index contributed by atoms with van der Waals surface area (Å²) in [5, 5.41) is 29.5. The van der Waals surface area contributed by atoms with Gasteiger partial charge < -0.3 is 19.6 Å². The Labute approximate surface area is 153 Å². The number of fused-ring (bicyclic) bond motifs is 1. The number of aliphatic hydroxyl groups excluding tert-OH is 1. The zero-order valence-corrected chi connectivity index (χ0v) is 15.5. The normalized spacial score (nSPS) is 25.6. The average Bonchev–Trinajstić information content (AvgIpc) is 2.99. The highest BCUT2D eigenvalue weighted by atomic mass is 16.5. The molecule has 3 rings (SSSR count). The lowest BCUT2D eigenvalue weighted by atomic mass is 9.85. The molecule has 0 aliphatic carbocycles. The topological polar surface area (TPSA) is 95.9 Å². The van der Waals surface area contributed by atoms with Crippen LogP contribution in [0.15, 0.2) is 23.2 Å². The third-order valence-electron chi connectivity index (χ3n) is 5.05. The fourth-order valence-corrected chi connectivity index (χ4v) is 3.68. The molecule has 0 aromatic heterocycles. The first-order chi connectivity index (χ1) is 12.3. The van der Waals surface area contributed by atoms with Gasteiger partial charge in [-0.1, -0.05) is 0 Å². The molecule has 0 spiro atoms. The minimum atomic E-state index is -0.847. The zero-order chi connectivity index (χ0) is 19.1. The summed E-state index contributed by atoms with van der Waals surface area (Å²) in [6, 6.07) is 7.10. The van der Waals surface area contributed by atoms with E-state index >= 15 is 0 Å². The molecule has 2 aliphatic heterocycles. The minimum absolute atomic E-state index is 0.182. The number of ether oxygens (including phenoxy) is 1. The maximum absolute atomic E-state index is 11.1. The molecule has 1 fully saturated rings. The Balaban J connectivity index is 2.13. The molecular weight excluding hydrogens is 330 g/mol. The fraction of sp³-hybridized carbons (Fsp3) is 0.526. The predicted octanol–water partition coefficient (Wildman–Crippen LogP) is 1.99. The summed E-state index contributed by atoms with van der Waals surface area (Å²) in [5.74, 6) is 1.20. The summed E-state index contributed by atoms with van der Waals surface area (Å²) in [6.45, 7) is 9.11. The number of hydrogen-bond acceptors (Lipinski definition) is 5. The van der Waals surface area contributed by atoms with E-state index in [4.69, 9.17) is 10.00 Å². The smallest absolute Gasteiger partial charge is 0.213 e. The minimum Gasteiger partial charge on any atom is -0.485 e. The molecule has 1 saturated heterocycles. The molecule has 26 heavy (non-hydrogen) atoms. The van der Waals surface area contributed by atoms with Crippen molar-refractivity contribution >= 4 is 5.96 Å². The van der Waals surface area contributed by atoms with Crippen LogP contribution in [0.1, 0.15) is 44.9 Å². The van der Waals surface area contributed by atoms with E-state index in [-0.39, 0.29) is 6.04 Å². The van der Waals surface area contributed by atoms with E-state index in [1.807, 2.05) is 43.7 Å². The number of hydrogen-bond donors (Lipinski definition) is 1. The van der Waals surface area contributed by atoms with Crippen LogP contribution in [-0.4, -0.2) is 51.7 Å². The number of nitriles is 2. The zero-order valence-electron chi connectivity index (χ0n) is 15.5. The van der Waals surface area contributed by atoms with Gasteiger partial charge >= 0.3 is 0 Å². The van der Waals surface area contributed by atoms with Crippen LogP contribution in [-0.2, 0) is 0 Å². The number of nitrogens with zero attached hydrogens (tertiary/aromatic N) is 5. The lowest BCUT2D eigenvalue weighted by molar-refractivity contribution is -0.0802. The summed E-state index contributed by atoms with van der Waals surface area (Å²) >= 11 is 0. The summed E-state index contributed by atoms with van der Waals surface area (Å²) in [5.41, 5.74) is 0.435. The quantitative estimate of drug-likeness (QED) is 0.817. The van der Waals surface area contributed by atoms with Crippen LogP contribution in [0, 0.1) is 22.8 Å². The molecule has 0 unspecified atom stereocenters. The number of benzene rings is 1. The van der Waals surface area contributed by atoms with Crippen molar-refractivity contribution < 1.29 is 9.84 Å². The second-order valence-corrected chi connectivity index (χ2v) is 7.45. The number of rotatable bonds is 2. The Hall–Kier alpha value is -2.77. The molecule has 1 aromatic carbocycles. The van der Waals surface area contributed by atoms with E-state index in [0.717, 1.165) is 12.1 Å². The van der Waals surface area contributed by atoms with Crippen molar-refractivity contribution in [2.45, 2.75) is 51.5 Å². The molecule has 0 amide bonds. The van der Waals surface area contributed by atoms with Gasteiger partial charge in [-0.2, -0.15) is 10.5 Å². The van der Waals surface area contributed by atoms with Crippen LogP contribution in [0.2, 0.25) is 0 Å². The molecule has 1 aromatic rings. The van der Waals surface area contributed by atoms with Crippen LogP contribution >= 0.6 is 0 Å². The van der Waals surface area contributed by atoms with Crippen molar-refractivity contribution in [1.29, 1.82) is 10.5 Å². The molecule has 7 heteroatoms. The fourth-order valence-electron chi connectivity index (χ4n) is 3.68. The second-order valence-electron chi connectivity index (χ2n) is 7.45. The third-order valence-corrected chi connectivity index (χ3v) is 5.05. The van der Waals surface area contributed by atoms with Gasteiger partial charge in [-0.15, -0.1) is 4.99 Å². The first-order valence-corrected chi connectivity index (χ1v) is 8.71. The van der Waals surface area contributed by atoms with Gasteiger partial charge in [-0.05, 0) is 45.9 Å². The van der Waals surface area contributed by atoms with Crippen molar-refractivity contribution in [2.24, 2.45) is 4.99 Å². The molecule has 0 bridgehead atoms. The van der Waals surface area contributed by atoms with Gasteiger partial charge in [0.1, 0.15) is 17.5 Å². The number of aliphatic hydroxyl groups is 1. The summed E-state index contributed by atoms with van der Waals surface area (Å²) in [4.78, 5) is 8.04. The molecule has 136 valence electrons. The van der Waals surface area contributed by atoms with Crippen molar-refractivity contribution in [1.82, 2.24) is 9.80 Å². The van der Waals surface area contributed by atoms with Gasteiger partial charge in [0.15, 0.2) is 0 Å². The van der Waals surface area contributed by atoms with E-state index in [1.165, 1.54) is 0 Å². The molecule has 2 heterocycles. The Morgan fingerprint density at radius 2 is 2.04 bits per heavy atom. The largest absolute Gasteiger partial charge is 0.485 e. The van der Waals surface area contributed by atoms with Crippen molar-refractivity contribution in [3.05, 3.63) is 29.3 Å². The molecular formula is C19H23N5O2. The van der Waals surface area contributed by atoms with Crippen molar-refractivity contribution in [3.63, 3.8) is 0 Å². The van der Waals surface area contributed by atoms with E-state index in [9.17, 15) is 10.4 Å². The summed E-state index contributed by atoms with van der Waals surface area (Å²) in [7, 11) is 0. The summed E-state index contributed by atoms with van der Waals surface area (Å²) < 4.78 is 5.99. The van der Waals surface area contributed by atoms with Gasteiger partial charge in [-0.3, -0.25) is 0 Å². The van der Waals surface area contributed by atoms with Gasteiger partial charge in [0, 0.05) is 24.7 Å². The number of aliphatic imine (C=N–C) groups is 1. The maximum atomic E-state index is 11.1. The van der Waals surface area contributed by atoms with Crippen LogP contribution in [0.5, 0.6) is 5.75 Å². The highest BCUT2D eigenvalue weighted by Gasteiger charge is 2.48. The lowest BCUT2D eigenvalue weighted by Gasteiger charge is -2.45.